The first kappa shape index (κ1) is 28.9. The fraction of sp³-hybridized carbons (Fsp3) is 0.0612. The van der Waals surface area contributed by atoms with Crippen LogP contribution in [-0.4, -0.2) is 18.9 Å². The van der Waals surface area contributed by atoms with Crippen molar-refractivity contribution in [1.29, 1.82) is 0 Å². The van der Waals surface area contributed by atoms with Gasteiger partial charge in [-0.15, -0.1) is 0 Å². The van der Waals surface area contributed by atoms with Gasteiger partial charge in [-0.25, -0.2) is 4.98 Å². The molecule has 0 aliphatic heterocycles. The third kappa shape index (κ3) is 3.79. The van der Waals surface area contributed by atoms with E-state index in [1.165, 1.54) is 49.4 Å². The molecule has 0 fully saturated rings. The molecule has 4 heteroatoms. The Morgan fingerprint density at radius 3 is 2.26 bits per heavy atom. The first-order valence-electron chi connectivity index (χ1n) is 18.3. The highest BCUT2D eigenvalue weighted by Gasteiger charge is 2.36. The van der Waals surface area contributed by atoms with Crippen LogP contribution in [0.4, 0.5) is 0 Å². The molecule has 1 aliphatic rings. The van der Waals surface area contributed by atoms with E-state index < -0.39 is 0 Å². The fourth-order valence-corrected chi connectivity index (χ4v) is 9.43. The molecule has 1 aliphatic carbocycles. The minimum atomic E-state index is -0.0812. The van der Waals surface area contributed by atoms with Crippen molar-refractivity contribution >= 4 is 71.1 Å². The molecule has 7 aromatic carbocycles. The third-order valence-corrected chi connectivity index (χ3v) is 11.9. The second-order valence-electron chi connectivity index (χ2n) is 15.0. The average Bonchev–Trinajstić information content (AvgIpc) is 3.83. The first-order valence-corrected chi connectivity index (χ1v) is 18.3. The molecule has 4 aromatic heterocycles. The Kier molecular flexibility index (Phi) is 5.54. The number of hydrogen-bond donors (Lipinski definition) is 0. The smallest absolute Gasteiger partial charge is 0.146 e. The Labute approximate surface area is 305 Å². The van der Waals surface area contributed by atoms with E-state index in [1.54, 1.807) is 0 Å². The molecule has 4 heterocycles. The topological polar surface area (TPSA) is 35.1 Å². The maximum atomic E-state index is 5.19. The Balaban J connectivity index is 1.11. The molecule has 0 radical (unpaired) electrons. The normalized spacial score (nSPS) is 13.6. The van der Waals surface area contributed by atoms with E-state index in [9.17, 15) is 0 Å². The zero-order chi connectivity index (χ0) is 35.0. The Hall–Kier alpha value is -6.78. The van der Waals surface area contributed by atoms with Gasteiger partial charge in [0, 0.05) is 49.6 Å². The summed E-state index contributed by atoms with van der Waals surface area (Å²) in [5.41, 5.74) is 16.5. The molecule has 0 spiro atoms. The van der Waals surface area contributed by atoms with Gasteiger partial charge in [-0.05, 0) is 94.0 Å². The number of imidazole rings is 1. The van der Waals surface area contributed by atoms with E-state index in [0.717, 1.165) is 60.7 Å². The predicted molar refractivity (Wildman–Crippen MR) is 220 cm³/mol. The van der Waals surface area contributed by atoms with E-state index in [2.05, 4.69) is 168 Å². The largest absolute Gasteiger partial charge is 0.309 e. The molecule has 4 nitrogen and oxygen atoms in total. The van der Waals surface area contributed by atoms with Crippen LogP contribution in [0, 0.1) is 0 Å². The standard InChI is InChI=1S/C49H32N4/c1-49(2)39-16-5-3-14-33(39)37-27-38-34-15-4-7-18-42(34)52(45(38)28-40(37)49)32-13-9-11-30(25-32)31-21-22-35-44(26-31)53-43-19-8-6-17-41(43)51-48(53)36-23-20-29-12-10-24-50-47(29)46(35)36/h3-28H,1-2H3. The highest BCUT2D eigenvalue weighted by molar-refractivity contribution is 6.23. The van der Waals surface area contributed by atoms with E-state index in [0.29, 0.717) is 0 Å². The minimum absolute atomic E-state index is 0.0812. The molecule has 248 valence electrons. The fourth-order valence-electron chi connectivity index (χ4n) is 9.43. The number of pyridine rings is 2. The molecule has 53 heavy (non-hydrogen) atoms. The predicted octanol–water partition coefficient (Wildman–Crippen LogP) is 12.4. The van der Waals surface area contributed by atoms with Crippen LogP contribution in [0.25, 0.3) is 99.0 Å². The number of para-hydroxylation sites is 3. The lowest BCUT2D eigenvalue weighted by Gasteiger charge is -2.21. The van der Waals surface area contributed by atoms with Crippen LogP contribution < -0.4 is 0 Å². The van der Waals surface area contributed by atoms with Crippen molar-refractivity contribution in [3.63, 3.8) is 0 Å². The SMILES string of the molecule is CC1(C)c2ccccc2-c2cc3c4ccccc4n(-c4cccc(-c5ccc6c7c(ccc8cccnc87)c7nc8ccccc8n7c6c5)c4)c3cc21. The Bertz CT molecular complexity index is 3380. The average molecular weight is 677 g/mol. The third-order valence-electron chi connectivity index (χ3n) is 11.9. The minimum Gasteiger partial charge on any atom is -0.309 e. The van der Waals surface area contributed by atoms with Crippen molar-refractivity contribution < 1.29 is 0 Å². The van der Waals surface area contributed by atoms with Crippen LogP contribution in [0.2, 0.25) is 0 Å². The summed E-state index contributed by atoms with van der Waals surface area (Å²) >= 11 is 0. The monoisotopic (exact) mass is 676 g/mol. The van der Waals surface area contributed by atoms with Gasteiger partial charge in [0.15, 0.2) is 0 Å². The molecule has 0 bridgehead atoms. The Morgan fingerprint density at radius 2 is 1.32 bits per heavy atom. The van der Waals surface area contributed by atoms with E-state index in [1.807, 2.05) is 12.3 Å². The Morgan fingerprint density at radius 1 is 0.509 bits per heavy atom. The van der Waals surface area contributed by atoms with Gasteiger partial charge in [0.25, 0.3) is 0 Å². The summed E-state index contributed by atoms with van der Waals surface area (Å²) in [5, 5.41) is 7.10. The number of hydrogen-bond acceptors (Lipinski definition) is 2. The van der Waals surface area contributed by atoms with Gasteiger partial charge in [0.1, 0.15) is 5.65 Å². The summed E-state index contributed by atoms with van der Waals surface area (Å²) in [6, 6.07) is 55.5. The summed E-state index contributed by atoms with van der Waals surface area (Å²) in [5.74, 6) is 0. The second-order valence-corrected chi connectivity index (χ2v) is 15.0. The molecular weight excluding hydrogens is 645 g/mol. The van der Waals surface area contributed by atoms with Gasteiger partial charge in [0.2, 0.25) is 0 Å². The molecule has 0 N–H and O–H groups in total. The molecule has 0 saturated heterocycles. The molecule has 0 amide bonds. The van der Waals surface area contributed by atoms with Gasteiger partial charge in [-0.3, -0.25) is 9.38 Å². The van der Waals surface area contributed by atoms with E-state index in [4.69, 9.17) is 9.97 Å². The number of rotatable bonds is 2. The second kappa shape index (κ2) is 10.2. The molecular formula is C49H32N4. The van der Waals surface area contributed by atoms with E-state index >= 15 is 0 Å². The lowest BCUT2D eigenvalue weighted by molar-refractivity contribution is 0.661. The van der Waals surface area contributed by atoms with Gasteiger partial charge in [-0.1, -0.05) is 105 Å². The molecule has 12 rings (SSSR count). The highest BCUT2D eigenvalue weighted by Crippen LogP contribution is 2.51. The van der Waals surface area contributed by atoms with Crippen LogP contribution in [-0.2, 0) is 5.41 Å². The van der Waals surface area contributed by atoms with Crippen LogP contribution >= 0.6 is 0 Å². The quantitative estimate of drug-likeness (QED) is 0.171. The van der Waals surface area contributed by atoms with Crippen molar-refractivity contribution in [2.45, 2.75) is 19.3 Å². The summed E-state index contributed by atoms with van der Waals surface area (Å²) in [7, 11) is 0. The zero-order valence-electron chi connectivity index (χ0n) is 29.3. The van der Waals surface area contributed by atoms with Crippen LogP contribution in [0.3, 0.4) is 0 Å². The van der Waals surface area contributed by atoms with Crippen LogP contribution in [0.1, 0.15) is 25.0 Å². The van der Waals surface area contributed by atoms with Crippen molar-refractivity contribution in [3.05, 3.63) is 169 Å². The van der Waals surface area contributed by atoms with Crippen molar-refractivity contribution in [1.82, 2.24) is 18.9 Å². The van der Waals surface area contributed by atoms with Crippen LogP contribution in [0.5, 0.6) is 0 Å². The van der Waals surface area contributed by atoms with E-state index in [-0.39, 0.29) is 5.41 Å². The maximum absolute atomic E-state index is 5.19. The number of benzene rings is 7. The maximum Gasteiger partial charge on any atom is 0.146 e. The summed E-state index contributed by atoms with van der Waals surface area (Å²) in [6.07, 6.45) is 1.89. The van der Waals surface area contributed by atoms with Crippen LogP contribution in [0.15, 0.2) is 158 Å². The van der Waals surface area contributed by atoms with Gasteiger partial charge in [-0.2, -0.15) is 0 Å². The van der Waals surface area contributed by atoms with Crippen molar-refractivity contribution in [2.75, 3.05) is 0 Å². The molecule has 0 unspecified atom stereocenters. The highest BCUT2D eigenvalue weighted by atomic mass is 15.0. The first-order chi connectivity index (χ1) is 26.0. The molecule has 0 saturated carbocycles. The van der Waals surface area contributed by atoms with Gasteiger partial charge < -0.3 is 4.57 Å². The summed E-state index contributed by atoms with van der Waals surface area (Å²) in [4.78, 5) is 10.1. The van der Waals surface area contributed by atoms with Crippen molar-refractivity contribution in [3.8, 4) is 27.9 Å². The number of aromatic nitrogens is 4. The van der Waals surface area contributed by atoms with Gasteiger partial charge in [0.05, 0.1) is 33.1 Å². The zero-order valence-corrected chi connectivity index (χ0v) is 29.3. The number of nitrogens with zero attached hydrogens (tertiary/aromatic N) is 4. The molecule has 0 atom stereocenters. The lowest BCUT2D eigenvalue weighted by atomic mass is 9.82. The number of fused-ring (bicyclic) bond motifs is 16. The van der Waals surface area contributed by atoms with Gasteiger partial charge >= 0.3 is 0 Å². The van der Waals surface area contributed by atoms with Crippen molar-refractivity contribution in [2.24, 2.45) is 0 Å². The molecule has 11 aromatic rings. The summed E-state index contributed by atoms with van der Waals surface area (Å²) in [6.45, 7) is 4.72. The lowest BCUT2D eigenvalue weighted by Crippen LogP contribution is -2.14. The summed E-state index contributed by atoms with van der Waals surface area (Å²) < 4.78 is 4.80.